The summed E-state index contributed by atoms with van der Waals surface area (Å²) in [6, 6.07) is 0. The second-order valence-corrected chi connectivity index (χ2v) is 3.31. The molecule has 7 heteroatoms. The molecule has 110 valence electrons. The third kappa shape index (κ3) is 15.7. The maximum absolute atomic E-state index is 5.29. The number of hydrogen-bond acceptors (Lipinski definition) is 7. The van der Waals surface area contributed by atoms with Crippen molar-refractivity contribution < 1.29 is 28.5 Å². The Morgan fingerprint density at radius 3 is 1.22 bits per heavy atom. The van der Waals surface area contributed by atoms with Crippen LogP contribution in [0.1, 0.15) is 0 Å². The summed E-state index contributed by atoms with van der Waals surface area (Å²) in [5.41, 5.74) is 0. The average Bonchev–Trinajstić information content (AvgIpc) is 2.39. The standard InChI is InChI=1S/C11H25NO6/c1-13-2-3-14-4-5-15-6-7-16-8-9-17-10-11-18-12/h2-12H2,1H3. The van der Waals surface area contributed by atoms with E-state index in [1.807, 2.05) is 0 Å². The van der Waals surface area contributed by atoms with Crippen LogP contribution in [0.2, 0.25) is 0 Å². The molecule has 0 aromatic rings. The van der Waals surface area contributed by atoms with Crippen molar-refractivity contribution >= 4 is 0 Å². The average molecular weight is 267 g/mol. The zero-order valence-electron chi connectivity index (χ0n) is 11.1. The molecule has 7 nitrogen and oxygen atoms in total. The highest BCUT2D eigenvalue weighted by atomic mass is 16.6. The van der Waals surface area contributed by atoms with Crippen LogP contribution in [0, 0.1) is 0 Å². The van der Waals surface area contributed by atoms with Crippen LogP contribution >= 0.6 is 0 Å². The van der Waals surface area contributed by atoms with Crippen LogP contribution in [-0.2, 0) is 28.5 Å². The first-order chi connectivity index (χ1) is 8.91. The summed E-state index contributed by atoms with van der Waals surface area (Å²) in [6.45, 7) is 5.40. The van der Waals surface area contributed by atoms with Crippen molar-refractivity contribution in [3.8, 4) is 0 Å². The zero-order chi connectivity index (χ0) is 13.3. The first kappa shape index (κ1) is 17.7. The van der Waals surface area contributed by atoms with E-state index in [1.165, 1.54) is 0 Å². The van der Waals surface area contributed by atoms with E-state index in [1.54, 1.807) is 7.11 Å². The minimum Gasteiger partial charge on any atom is -0.382 e. The van der Waals surface area contributed by atoms with Crippen LogP contribution < -0.4 is 5.90 Å². The quantitative estimate of drug-likeness (QED) is 0.319. The Morgan fingerprint density at radius 1 is 0.556 bits per heavy atom. The van der Waals surface area contributed by atoms with Gasteiger partial charge in [0.05, 0.1) is 66.1 Å². The highest BCUT2D eigenvalue weighted by molar-refractivity contribution is 4.35. The highest BCUT2D eigenvalue weighted by Crippen LogP contribution is 1.83. The van der Waals surface area contributed by atoms with Gasteiger partial charge in [0.2, 0.25) is 0 Å². The lowest BCUT2D eigenvalue weighted by Crippen LogP contribution is -2.14. The van der Waals surface area contributed by atoms with Crippen LogP contribution in [0.15, 0.2) is 0 Å². The fraction of sp³-hybridized carbons (Fsp3) is 1.00. The topological polar surface area (TPSA) is 81.4 Å². The molecule has 0 heterocycles. The molecule has 0 spiro atoms. The van der Waals surface area contributed by atoms with Crippen LogP contribution in [-0.4, -0.2) is 73.2 Å². The van der Waals surface area contributed by atoms with Gasteiger partial charge in [-0.05, 0) is 0 Å². The Morgan fingerprint density at radius 2 is 0.889 bits per heavy atom. The van der Waals surface area contributed by atoms with E-state index in [0.29, 0.717) is 66.1 Å². The summed E-state index contributed by atoms with van der Waals surface area (Å²) < 4.78 is 25.8. The lowest BCUT2D eigenvalue weighted by molar-refractivity contribution is -0.0147. The van der Waals surface area contributed by atoms with Crippen molar-refractivity contribution in [2.24, 2.45) is 5.90 Å². The molecule has 0 aliphatic rings. The summed E-state index contributed by atoms with van der Waals surface area (Å²) in [5, 5.41) is 0. The normalized spacial score (nSPS) is 11.0. The molecule has 0 radical (unpaired) electrons. The van der Waals surface area contributed by atoms with Crippen molar-refractivity contribution in [3.63, 3.8) is 0 Å². The van der Waals surface area contributed by atoms with Gasteiger partial charge in [0.15, 0.2) is 0 Å². The fourth-order valence-electron chi connectivity index (χ4n) is 1.01. The monoisotopic (exact) mass is 267 g/mol. The first-order valence-electron chi connectivity index (χ1n) is 6.03. The predicted octanol–water partition coefficient (Wildman–Crippen LogP) is -0.410. The van der Waals surface area contributed by atoms with Gasteiger partial charge in [-0.25, -0.2) is 5.90 Å². The molecular formula is C11H25NO6. The molecule has 2 N–H and O–H groups in total. The van der Waals surface area contributed by atoms with E-state index in [2.05, 4.69) is 4.84 Å². The maximum Gasteiger partial charge on any atom is 0.0913 e. The van der Waals surface area contributed by atoms with Gasteiger partial charge < -0.3 is 28.5 Å². The van der Waals surface area contributed by atoms with Crippen LogP contribution in [0.5, 0.6) is 0 Å². The molecule has 0 bridgehead atoms. The van der Waals surface area contributed by atoms with Crippen molar-refractivity contribution in [1.29, 1.82) is 0 Å². The van der Waals surface area contributed by atoms with E-state index >= 15 is 0 Å². The fourth-order valence-corrected chi connectivity index (χ4v) is 1.01. The molecule has 0 amide bonds. The number of rotatable bonds is 15. The van der Waals surface area contributed by atoms with Crippen molar-refractivity contribution in [2.75, 3.05) is 73.2 Å². The first-order valence-corrected chi connectivity index (χ1v) is 6.03. The Kier molecular flexibility index (Phi) is 16.5. The van der Waals surface area contributed by atoms with Crippen molar-refractivity contribution in [1.82, 2.24) is 0 Å². The van der Waals surface area contributed by atoms with Crippen molar-refractivity contribution in [3.05, 3.63) is 0 Å². The Hall–Kier alpha value is -0.280. The molecule has 0 fully saturated rings. The third-order valence-corrected chi connectivity index (χ3v) is 1.89. The lowest BCUT2D eigenvalue weighted by atomic mass is 10.7. The molecule has 0 aromatic carbocycles. The summed E-state index contributed by atoms with van der Waals surface area (Å²) in [5.74, 6) is 4.83. The van der Waals surface area contributed by atoms with Gasteiger partial charge in [0, 0.05) is 7.11 Å². The van der Waals surface area contributed by atoms with E-state index in [0.717, 1.165) is 0 Å². The number of methoxy groups -OCH3 is 1. The summed E-state index contributed by atoms with van der Waals surface area (Å²) >= 11 is 0. The van der Waals surface area contributed by atoms with E-state index in [9.17, 15) is 0 Å². The molecule has 0 aliphatic carbocycles. The molecule has 0 unspecified atom stereocenters. The van der Waals surface area contributed by atoms with Gasteiger partial charge in [0.1, 0.15) is 0 Å². The van der Waals surface area contributed by atoms with E-state index in [-0.39, 0.29) is 0 Å². The Labute approximate surface area is 108 Å². The largest absolute Gasteiger partial charge is 0.382 e. The molecule has 0 atom stereocenters. The summed E-state index contributed by atoms with van der Waals surface area (Å²) in [4.78, 5) is 4.34. The SMILES string of the molecule is COCCOCCOCCOCCOCCON. The van der Waals surface area contributed by atoms with Crippen molar-refractivity contribution in [2.45, 2.75) is 0 Å². The second-order valence-electron chi connectivity index (χ2n) is 3.31. The molecule has 0 saturated heterocycles. The minimum absolute atomic E-state index is 0.395. The smallest absolute Gasteiger partial charge is 0.0913 e. The van der Waals surface area contributed by atoms with Crippen LogP contribution in [0.4, 0.5) is 0 Å². The maximum atomic E-state index is 5.29. The third-order valence-electron chi connectivity index (χ3n) is 1.89. The van der Waals surface area contributed by atoms with Crippen LogP contribution in [0.3, 0.4) is 0 Å². The van der Waals surface area contributed by atoms with Gasteiger partial charge in [-0.2, -0.15) is 0 Å². The molecule has 18 heavy (non-hydrogen) atoms. The van der Waals surface area contributed by atoms with E-state index < -0.39 is 0 Å². The number of hydrogen-bond donors (Lipinski definition) is 1. The van der Waals surface area contributed by atoms with Crippen LogP contribution in [0.25, 0.3) is 0 Å². The second kappa shape index (κ2) is 16.7. The van der Waals surface area contributed by atoms with Gasteiger partial charge in [0.25, 0.3) is 0 Å². The van der Waals surface area contributed by atoms with E-state index in [4.69, 9.17) is 29.6 Å². The Balaban J connectivity index is 2.86. The zero-order valence-corrected chi connectivity index (χ0v) is 11.1. The predicted molar refractivity (Wildman–Crippen MR) is 65.3 cm³/mol. The number of nitrogens with two attached hydrogens (primary N) is 1. The van der Waals surface area contributed by atoms with Gasteiger partial charge in [-0.3, -0.25) is 0 Å². The Bertz CT molecular complexity index is 133. The highest BCUT2D eigenvalue weighted by Gasteiger charge is 1.92. The number of ether oxygens (including phenoxy) is 5. The lowest BCUT2D eigenvalue weighted by Gasteiger charge is -2.07. The summed E-state index contributed by atoms with van der Waals surface area (Å²) in [7, 11) is 1.64. The minimum atomic E-state index is 0.395. The molecule has 0 aromatic heterocycles. The molecule has 0 rings (SSSR count). The molecule has 0 aliphatic heterocycles. The van der Waals surface area contributed by atoms with Gasteiger partial charge in [-0.1, -0.05) is 0 Å². The summed E-state index contributed by atoms with van der Waals surface area (Å²) in [6.07, 6.45) is 0. The molecular weight excluding hydrogens is 242 g/mol. The van der Waals surface area contributed by atoms with Gasteiger partial charge in [-0.15, -0.1) is 0 Å². The molecule has 0 saturated carbocycles. The van der Waals surface area contributed by atoms with Gasteiger partial charge >= 0.3 is 0 Å².